The van der Waals surface area contributed by atoms with Crippen LogP contribution in [0.3, 0.4) is 0 Å². The van der Waals surface area contributed by atoms with Crippen molar-refractivity contribution in [3.63, 3.8) is 0 Å². The van der Waals surface area contributed by atoms with Crippen LogP contribution in [0.25, 0.3) is 0 Å². The van der Waals surface area contributed by atoms with Gasteiger partial charge in [0.05, 0.1) is 17.2 Å². The molecule has 3 rings (SSSR count). The van der Waals surface area contributed by atoms with E-state index in [1.165, 1.54) is 11.3 Å². The van der Waals surface area contributed by atoms with E-state index in [9.17, 15) is 19.2 Å². The Morgan fingerprint density at radius 1 is 1.25 bits per heavy atom. The first-order valence-corrected chi connectivity index (χ1v) is 11.5. The summed E-state index contributed by atoms with van der Waals surface area (Å²) in [4.78, 5) is 55.6. The monoisotopic (exact) mass is 457 g/mol. The van der Waals surface area contributed by atoms with Gasteiger partial charge in [0.25, 0.3) is 5.91 Å². The molecule has 1 aromatic carbocycles. The fourth-order valence-corrected chi connectivity index (χ4v) is 4.40. The number of aromatic nitrogens is 1. The van der Waals surface area contributed by atoms with E-state index in [-0.39, 0.29) is 31.1 Å². The van der Waals surface area contributed by atoms with Crippen LogP contribution >= 0.6 is 11.3 Å². The SMILES string of the molecule is CC(C)C(NC(=O)OCc1ccccc1)C(=O)CC1Cc2ncsc2CCNC(=O)C1=O. The molecule has 1 aliphatic heterocycles. The first-order valence-electron chi connectivity index (χ1n) is 10.6. The van der Waals surface area contributed by atoms with Crippen LogP contribution < -0.4 is 10.6 Å². The summed E-state index contributed by atoms with van der Waals surface area (Å²) in [5.74, 6) is -2.69. The Balaban J connectivity index is 1.66. The predicted octanol–water partition coefficient (Wildman–Crippen LogP) is 2.45. The van der Waals surface area contributed by atoms with Crippen LogP contribution in [0.15, 0.2) is 35.8 Å². The minimum Gasteiger partial charge on any atom is -0.445 e. The quantitative estimate of drug-likeness (QED) is 0.618. The highest BCUT2D eigenvalue weighted by molar-refractivity contribution is 7.09. The average Bonchev–Trinajstić information content (AvgIpc) is 3.22. The Morgan fingerprint density at radius 2 is 2.00 bits per heavy atom. The highest BCUT2D eigenvalue weighted by Gasteiger charge is 2.34. The van der Waals surface area contributed by atoms with Gasteiger partial charge in [0.15, 0.2) is 5.78 Å². The van der Waals surface area contributed by atoms with Crippen LogP contribution in [-0.4, -0.2) is 41.1 Å². The average molecular weight is 458 g/mol. The molecule has 9 heteroatoms. The summed E-state index contributed by atoms with van der Waals surface area (Å²) in [5.41, 5.74) is 3.28. The normalized spacial score (nSPS) is 17.4. The van der Waals surface area contributed by atoms with E-state index in [4.69, 9.17) is 4.74 Å². The zero-order chi connectivity index (χ0) is 23.1. The van der Waals surface area contributed by atoms with E-state index in [2.05, 4.69) is 15.6 Å². The minimum atomic E-state index is -0.836. The topological polar surface area (TPSA) is 114 Å². The smallest absolute Gasteiger partial charge is 0.408 e. The molecule has 2 aromatic rings. The lowest BCUT2D eigenvalue weighted by Gasteiger charge is -2.23. The fraction of sp³-hybridized carbons (Fsp3) is 0.435. The van der Waals surface area contributed by atoms with E-state index in [0.717, 1.165) is 16.1 Å². The van der Waals surface area contributed by atoms with Gasteiger partial charge in [-0.15, -0.1) is 11.3 Å². The molecular formula is C23H27N3O5S. The van der Waals surface area contributed by atoms with Gasteiger partial charge in [-0.2, -0.15) is 0 Å². The number of Topliss-reactive ketones (excluding diaryl/α,β-unsaturated/α-hetero) is 2. The number of thiazole rings is 1. The largest absolute Gasteiger partial charge is 0.445 e. The number of fused-ring (bicyclic) bond motifs is 1. The van der Waals surface area contributed by atoms with Gasteiger partial charge >= 0.3 is 6.09 Å². The number of hydrogen-bond donors (Lipinski definition) is 2. The number of alkyl carbamates (subject to hydrolysis) is 1. The number of carbonyl (C=O) groups is 4. The first-order chi connectivity index (χ1) is 15.3. The second-order valence-corrected chi connectivity index (χ2v) is 9.03. The van der Waals surface area contributed by atoms with Gasteiger partial charge in [-0.25, -0.2) is 9.78 Å². The third kappa shape index (κ3) is 6.23. The van der Waals surface area contributed by atoms with E-state index in [1.807, 2.05) is 30.3 Å². The van der Waals surface area contributed by atoms with Gasteiger partial charge in [-0.05, 0) is 11.5 Å². The number of amides is 2. The van der Waals surface area contributed by atoms with Crippen molar-refractivity contribution in [2.24, 2.45) is 11.8 Å². The predicted molar refractivity (Wildman–Crippen MR) is 119 cm³/mol. The summed E-state index contributed by atoms with van der Waals surface area (Å²) in [6.45, 7) is 4.04. The summed E-state index contributed by atoms with van der Waals surface area (Å²) in [6.07, 6.45) is -0.0462. The lowest BCUT2D eigenvalue weighted by Crippen LogP contribution is -2.46. The Kier molecular flexibility index (Phi) is 8.10. The Labute approximate surface area is 190 Å². The van der Waals surface area contributed by atoms with Crippen LogP contribution in [0.4, 0.5) is 4.79 Å². The first kappa shape index (κ1) is 23.6. The Hall–Kier alpha value is -3.07. The second kappa shape index (κ2) is 11.0. The summed E-state index contributed by atoms with van der Waals surface area (Å²) in [6, 6.07) is 8.38. The maximum Gasteiger partial charge on any atom is 0.408 e. The Bertz CT molecular complexity index is 973. The number of hydrogen-bond acceptors (Lipinski definition) is 7. The number of ketones is 2. The molecule has 1 aromatic heterocycles. The second-order valence-electron chi connectivity index (χ2n) is 8.09. The molecule has 0 saturated carbocycles. The molecule has 0 radical (unpaired) electrons. The molecule has 32 heavy (non-hydrogen) atoms. The Morgan fingerprint density at radius 3 is 2.72 bits per heavy atom. The number of carbonyl (C=O) groups excluding carboxylic acids is 4. The van der Waals surface area contributed by atoms with Crippen LogP contribution in [0, 0.1) is 11.8 Å². The van der Waals surface area contributed by atoms with E-state index in [0.29, 0.717) is 13.0 Å². The highest BCUT2D eigenvalue weighted by Crippen LogP contribution is 2.23. The van der Waals surface area contributed by atoms with Crippen molar-refractivity contribution in [1.29, 1.82) is 0 Å². The molecule has 1 aliphatic rings. The number of nitrogens with zero attached hydrogens (tertiary/aromatic N) is 1. The number of rotatable bonds is 7. The minimum absolute atomic E-state index is 0.0829. The summed E-state index contributed by atoms with van der Waals surface area (Å²) in [7, 11) is 0. The molecule has 2 atom stereocenters. The third-order valence-corrected chi connectivity index (χ3v) is 6.28. The van der Waals surface area contributed by atoms with Crippen LogP contribution in [0.1, 0.15) is 36.4 Å². The van der Waals surface area contributed by atoms with Crippen molar-refractivity contribution >= 4 is 34.9 Å². The molecule has 170 valence electrons. The fourth-order valence-electron chi connectivity index (χ4n) is 3.60. The van der Waals surface area contributed by atoms with Crippen LogP contribution in [0.2, 0.25) is 0 Å². The molecule has 0 spiro atoms. The van der Waals surface area contributed by atoms with E-state index in [1.54, 1.807) is 19.4 Å². The molecule has 0 aliphatic carbocycles. The highest BCUT2D eigenvalue weighted by atomic mass is 32.1. The summed E-state index contributed by atoms with van der Waals surface area (Å²) >= 11 is 1.47. The van der Waals surface area contributed by atoms with Crippen LogP contribution in [-0.2, 0) is 38.6 Å². The van der Waals surface area contributed by atoms with Crippen molar-refractivity contribution < 1.29 is 23.9 Å². The molecule has 2 N–H and O–H groups in total. The third-order valence-electron chi connectivity index (χ3n) is 5.34. The molecule has 0 fully saturated rings. The van der Waals surface area contributed by atoms with Crippen molar-refractivity contribution in [2.75, 3.05) is 6.54 Å². The summed E-state index contributed by atoms with van der Waals surface area (Å²) in [5, 5.41) is 5.23. The van der Waals surface area contributed by atoms with Crippen molar-refractivity contribution in [3.8, 4) is 0 Å². The zero-order valence-corrected chi connectivity index (χ0v) is 18.9. The molecule has 0 bridgehead atoms. The molecule has 0 saturated heterocycles. The van der Waals surface area contributed by atoms with E-state index < -0.39 is 29.7 Å². The lowest BCUT2D eigenvalue weighted by atomic mass is 9.87. The molecule has 2 heterocycles. The van der Waals surface area contributed by atoms with Gasteiger partial charge in [-0.1, -0.05) is 44.2 Å². The van der Waals surface area contributed by atoms with E-state index >= 15 is 0 Å². The maximum absolute atomic E-state index is 13.1. The number of nitrogens with one attached hydrogen (secondary N) is 2. The van der Waals surface area contributed by atoms with Crippen LogP contribution in [0.5, 0.6) is 0 Å². The standard InChI is InChI=1S/C23H27N3O5S/c1-14(2)20(26-23(30)31-12-15-6-4-3-5-7-15)18(27)11-16-10-17-19(32-13-25-17)8-9-24-22(29)21(16)28/h3-7,13-14,16,20H,8-12H2,1-2H3,(H,24,29)(H,26,30). The summed E-state index contributed by atoms with van der Waals surface area (Å²) < 4.78 is 5.23. The van der Waals surface area contributed by atoms with Gasteiger partial charge < -0.3 is 15.4 Å². The number of benzene rings is 1. The molecular weight excluding hydrogens is 430 g/mol. The van der Waals surface area contributed by atoms with Gasteiger partial charge in [0, 0.05) is 36.6 Å². The van der Waals surface area contributed by atoms with Gasteiger partial charge in [0.2, 0.25) is 5.78 Å². The number of ether oxygens (including phenoxy) is 1. The van der Waals surface area contributed by atoms with Crippen molar-refractivity contribution in [2.45, 2.75) is 45.8 Å². The van der Waals surface area contributed by atoms with Gasteiger partial charge in [-0.3, -0.25) is 14.4 Å². The molecule has 2 amide bonds. The maximum atomic E-state index is 13.1. The molecule has 8 nitrogen and oxygen atoms in total. The lowest BCUT2D eigenvalue weighted by molar-refractivity contribution is -0.141. The van der Waals surface area contributed by atoms with Crippen molar-refractivity contribution in [1.82, 2.24) is 15.6 Å². The molecule has 2 unspecified atom stereocenters. The van der Waals surface area contributed by atoms with Crippen molar-refractivity contribution in [3.05, 3.63) is 52.0 Å². The zero-order valence-electron chi connectivity index (χ0n) is 18.1. The van der Waals surface area contributed by atoms with Gasteiger partial charge in [0.1, 0.15) is 6.61 Å².